The molecule has 1 fully saturated rings. The van der Waals surface area contributed by atoms with Gasteiger partial charge in [0.2, 0.25) is 0 Å². The lowest BCUT2D eigenvalue weighted by Crippen LogP contribution is -2.38. The molecule has 16 heavy (non-hydrogen) atoms. The van der Waals surface area contributed by atoms with Gasteiger partial charge in [-0.05, 0) is 40.3 Å². The lowest BCUT2D eigenvalue weighted by atomic mass is 10.2. The van der Waals surface area contributed by atoms with Crippen LogP contribution in [-0.4, -0.2) is 55.0 Å². The Balaban J connectivity index is 0.00000225. The van der Waals surface area contributed by atoms with Crippen molar-refractivity contribution in [1.29, 1.82) is 0 Å². The maximum Gasteiger partial charge on any atom is 0.191 e. The molecule has 0 saturated carbocycles. The minimum Gasteiger partial charge on any atom is -0.370 e. The monoisotopic (exact) mass is 340 g/mol. The predicted molar refractivity (Wildman–Crippen MR) is 80.5 cm³/mol. The predicted octanol–water partition coefficient (Wildman–Crippen LogP) is 1.36. The SMILES string of the molecule is CCN(CC)C(N)=NCC1CCCN1C.I. The highest BCUT2D eigenvalue weighted by Gasteiger charge is 2.20. The molecule has 1 aliphatic heterocycles. The molecule has 1 unspecified atom stereocenters. The maximum atomic E-state index is 5.92. The van der Waals surface area contributed by atoms with Gasteiger partial charge < -0.3 is 15.5 Å². The Morgan fingerprint density at radius 1 is 1.44 bits per heavy atom. The molecule has 0 aromatic rings. The summed E-state index contributed by atoms with van der Waals surface area (Å²) >= 11 is 0. The van der Waals surface area contributed by atoms with Gasteiger partial charge in [-0.2, -0.15) is 0 Å². The van der Waals surface area contributed by atoms with Crippen LogP contribution in [0.3, 0.4) is 0 Å². The first-order chi connectivity index (χ1) is 7.19. The highest BCUT2D eigenvalue weighted by Crippen LogP contribution is 2.14. The Kier molecular flexibility index (Phi) is 8.09. The summed E-state index contributed by atoms with van der Waals surface area (Å²) in [5.41, 5.74) is 5.92. The second-order valence-electron chi connectivity index (χ2n) is 4.15. The molecule has 96 valence electrons. The van der Waals surface area contributed by atoms with E-state index in [0.717, 1.165) is 19.6 Å². The van der Waals surface area contributed by atoms with E-state index >= 15 is 0 Å². The molecule has 1 saturated heterocycles. The summed E-state index contributed by atoms with van der Waals surface area (Å²) in [5, 5.41) is 0. The lowest BCUT2D eigenvalue weighted by Gasteiger charge is -2.21. The number of aliphatic imine (C=N–C) groups is 1. The van der Waals surface area contributed by atoms with E-state index in [0.29, 0.717) is 12.0 Å². The van der Waals surface area contributed by atoms with Crippen molar-refractivity contribution >= 4 is 29.9 Å². The summed E-state index contributed by atoms with van der Waals surface area (Å²) in [4.78, 5) is 8.94. The van der Waals surface area contributed by atoms with E-state index in [4.69, 9.17) is 5.73 Å². The largest absolute Gasteiger partial charge is 0.370 e. The molecule has 1 rings (SSSR count). The highest BCUT2D eigenvalue weighted by molar-refractivity contribution is 14.0. The zero-order valence-corrected chi connectivity index (χ0v) is 13.0. The van der Waals surface area contributed by atoms with Gasteiger partial charge in [-0.15, -0.1) is 24.0 Å². The standard InChI is InChI=1S/C11H24N4.HI/c1-4-15(5-2)11(12)13-9-10-7-6-8-14(10)3;/h10H,4-9H2,1-3H3,(H2,12,13);1H. The molecule has 5 heteroatoms. The molecular weight excluding hydrogens is 315 g/mol. The van der Waals surface area contributed by atoms with Crippen LogP contribution in [-0.2, 0) is 0 Å². The van der Waals surface area contributed by atoms with Crippen molar-refractivity contribution in [3.63, 3.8) is 0 Å². The zero-order valence-electron chi connectivity index (χ0n) is 10.6. The van der Waals surface area contributed by atoms with E-state index in [1.165, 1.54) is 19.4 Å². The van der Waals surface area contributed by atoms with Crippen LogP contribution in [0.2, 0.25) is 0 Å². The first-order valence-electron chi connectivity index (χ1n) is 5.94. The van der Waals surface area contributed by atoms with Gasteiger partial charge in [0.25, 0.3) is 0 Å². The molecule has 0 aromatic carbocycles. The lowest BCUT2D eigenvalue weighted by molar-refractivity contribution is 0.316. The van der Waals surface area contributed by atoms with Crippen molar-refractivity contribution in [2.45, 2.75) is 32.7 Å². The molecular formula is C11H25IN4. The number of rotatable bonds is 4. The van der Waals surface area contributed by atoms with Gasteiger partial charge in [0.15, 0.2) is 5.96 Å². The third-order valence-corrected chi connectivity index (χ3v) is 3.22. The summed E-state index contributed by atoms with van der Waals surface area (Å²) in [6.07, 6.45) is 2.55. The van der Waals surface area contributed by atoms with Crippen LogP contribution in [0.5, 0.6) is 0 Å². The van der Waals surface area contributed by atoms with Gasteiger partial charge in [-0.3, -0.25) is 4.99 Å². The minimum atomic E-state index is 0. The Hall–Kier alpha value is -0.0400. The quantitative estimate of drug-likeness (QED) is 0.477. The van der Waals surface area contributed by atoms with Gasteiger partial charge in [-0.1, -0.05) is 0 Å². The molecule has 1 atom stereocenters. The van der Waals surface area contributed by atoms with Gasteiger partial charge in [0.1, 0.15) is 0 Å². The first-order valence-corrected chi connectivity index (χ1v) is 5.94. The van der Waals surface area contributed by atoms with E-state index < -0.39 is 0 Å². The number of halogens is 1. The fourth-order valence-electron chi connectivity index (χ4n) is 2.06. The van der Waals surface area contributed by atoms with E-state index in [1.807, 2.05) is 0 Å². The van der Waals surface area contributed by atoms with Gasteiger partial charge >= 0.3 is 0 Å². The molecule has 1 heterocycles. The zero-order chi connectivity index (χ0) is 11.3. The summed E-state index contributed by atoms with van der Waals surface area (Å²) in [5.74, 6) is 0.695. The van der Waals surface area contributed by atoms with Crippen LogP contribution in [0.1, 0.15) is 26.7 Å². The maximum absolute atomic E-state index is 5.92. The fourth-order valence-corrected chi connectivity index (χ4v) is 2.06. The van der Waals surface area contributed by atoms with E-state index in [1.54, 1.807) is 0 Å². The average molecular weight is 340 g/mol. The van der Waals surface area contributed by atoms with E-state index in [2.05, 4.69) is 35.7 Å². The summed E-state index contributed by atoms with van der Waals surface area (Å²) in [6, 6.07) is 0.596. The summed E-state index contributed by atoms with van der Waals surface area (Å²) in [6.45, 7) is 8.13. The average Bonchev–Trinajstić information content (AvgIpc) is 2.63. The second-order valence-corrected chi connectivity index (χ2v) is 4.15. The third kappa shape index (κ3) is 4.45. The summed E-state index contributed by atoms with van der Waals surface area (Å²) in [7, 11) is 2.17. The third-order valence-electron chi connectivity index (χ3n) is 3.22. The van der Waals surface area contributed by atoms with Crippen molar-refractivity contribution in [1.82, 2.24) is 9.80 Å². The Bertz CT molecular complexity index is 216. The van der Waals surface area contributed by atoms with Crippen LogP contribution in [0.25, 0.3) is 0 Å². The molecule has 1 aliphatic rings. The van der Waals surface area contributed by atoms with Crippen molar-refractivity contribution < 1.29 is 0 Å². The number of hydrogen-bond acceptors (Lipinski definition) is 2. The van der Waals surface area contributed by atoms with Gasteiger partial charge in [0.05, 0.1) is 6.54 Å². The Labute approximate surface area is 116 Å². The number of nitrogens with zero attached hydrogens (tertiary/aromatic N) is 3. The molecule has 0 radical (unpaired) electrons. The molecule has 4 nitrogen and oxygen atoms in total. The van der Waals surface area contributed by atoms with Gasteiger partial charge in [-0.25, -0.2) is 0 Å². The number of likely N-dealkylation sites (tertiary alicyclic amines) is 1. The molecule has 0 amide bonds. The van der Waals surface area contributed by atoms with Crippen LogP contribution < -0.4 is 5.73 Å². The van der Waals surface area contributed by atoms with Crippen LogP contribution >= 0.6 is 24.0 Å². The molecule has 2 N–H and O–H groups in total. The molecule has 0 aromatic heterocycles. The number of guanidine groups is 1. The summed E-state index contributed by atoms with van der Waals surface area (Å²) < 4.78 is 0. The smallest absolute Gasteiger partial charge is 0.191 e. The number of hydrogen-bond donors (Lipinski definition) is 1. The van der Waals surface area contributed by atoms with Gasteiger partial charge in [0, 0.05) is 19.1 Å². The number of likely N-dealkylation sites (N-methyl/N-ethyl adjacent to an activating group) is 1. The van der Waals surface area contributed by atoms with Crippen molar-refractivity contribution in [2.24, 2.45) is 10.7 Å². The van der Waals surface area contributed by atoms with E-state index in [9.17, 15) is 0 Å². The van der Waals surface area contributed by atoms with Crippen LogP contribution in [0, 0.1) is 0 Å². The van der Waals surface area contributed by atoms with Crippen molar-refractivity contribution in [3.8, 4) is 0 Å². The minimum absolute atomic E-state index is 0. The normalized spacial score (nSPS) is 21.9. The van der Waals surface area contributed by atoms with Crippen LogP contribution in [0.4, 0.5) is 0 Å². The number of nitrogens with two attached hydrogens (primary N) is 1. The van der Waals surface area contributed by atoms with Crippen LogP contribution in [0.15, 0.2) is 4.99 Å². The fraction of sp³-hybridized carbons (Fsp3) is 0.909. The Morgan fingerprint density at radius 3 is 2.50 bits per heavy atom. The van der Waals surface area contributed by atoms with Crippen molar-refractivity contribution in [2.75, 3.05) is 33.2 Å². The molecule has 0 aliphatic carbocycles. The topological polar surface area (TPSA) is 44.9 Å². The van der Waals surface area contributed by atoms with E-state index in [-0.39, 0.29) is 24.0 Å². The molecule has 0 bridgehead atoms. The highest BCUT2D eigenvalue weighted by atomic mass is 127. The second kappa shape index (κ2) is 8.11. The Morgan fingerprint density at radius 2 is 2.06 bits per heavy atom. The first kappa shape index (κ1) is 16.0. The molecule has 0 spiro atoms. The van der Waals surface area contributed by atoms with Crippen molar-refractivity contribution in [3.05, 3.63) is 0 Å².